The van der Waals surface area contributed by atoms with Gasteiger partial charge in [-0.3, -0.25) is 14.6 Å². The summed E-state index contributed by atoms with van der Waals surface area (Å²) in [6, 6.07) is 5.22. The molecule has 0 spiro atoms. The number of aliphatic carboxylic acids is 1. The number of Topliss-reactive ketones (excluding diaryl/α,β-unsaturated/α-hetero) is 1. The van der Waals surface area contributed by atoms with Crippen molar-refractivity contribution in [1.29, 1.82) is 0 Å². The van der Waals surface area contributed by atoms with Crippen molar-refractivity contribution in [3.8, 4) is 0 Å². The highest BCUT2D eigenvalue weighted by Crippen LogP contribution is 2.07. The van der Waals surface area contributed by atoms with Gasteiger partial charge in [-0.05, 0) is 19.1 Å². The van der Waals surface area contributed by atoms with Crippen LogP contribution in [-0.2, 0) is 16.0 Å². The molecular weight excluding hydrogens is 182 g/mol. The summed E-state index contributed by atoms with van der Waals surface area (Å²) in [6.45, 7) is 1.28. The smallest absolute Gasteiger partial charge is 0.314 e. The summed E-state index contributed by atoms with van der Waals surface area (Å²) in [5, 5.41) is 8.76. The highest BCUT2D eigenvalue weighted by Gasteiger charge is 2.23. The minimum absolute atomic E-state index is 0.158. The van der Waals surface area contributed by atoms with E-state index in [0.717, 1.165) is 0 Å². The van der Waals surface area contributed by atoms with Crippen LogP contribution in [0.25, 0.3) is 0 Å². The topological polar surface area (TPSA) is 67.3 Å². The lowest BCUT2D eigenvalue weighted by Gasteiger charge is -2.07. The van der Waals surface area contributed by atoms with E-state index in [1.54, 1.807) is 24.4 Å². The third-order valence-electron chi connectivity index (χ3n) is 1.93. The minimum Gasteiger partial charge on any atom is -0.481 e. The van der Waals surface area contributed by atoms with Crippen molar-refractivity contribution in [3.63, 3.8) is 0 Å². The number of carboxylic acid groups (broad SMARTS) is 1. The van der Waals surface area contributed by atoms with Crippen LogP contribution in [0.2, 0.25) is 0 Å². The summed E-state index contributed by atoms with van der Waals surface area (Å²) in [5.74, 6) is -2.42. The van der Waals surface area contributed by atoms with Gasteiger partial charge in [-0.15, -0.1) is 0 Å². The van der Waals surface area contributed by atoms with Crippen molar-refractivity contribution in [2.75, 3.05) is 0 Å². The number of hydrogen-bond donors (Lipinski definition) is 1. The van der Waals surface area contributed by atoms with Crippen LogP contribution in [0, 0.1) is 5.92 Å². The zero-order chi connectivity index (χ0) is 10.6. The first-order valence-corrected chi connectivity index (χ1v) is 4.24. The maximum absolute atomic E-state index is 11.0. The molecule has 0 saturated carbocycles. The Morgan fingerprint density at radius 3 is 2.64 bits per heavy atom. The fraction of sp³-hybridized carbons (Fsp3) is 0.300. The van der Waals surface area contributed by atoms with Crippen molar-refractivity contribution >= 4 is 11.8 Å². The Labute approximate surface area is 81.6 Å². The summed E-state index contributed by atoms with van der Waals surface area (Å²) in [7, 11) is 0. The van der Waals surface area contributed by atoms with Crippen molar-refractivity contribution < 1.29 is 14.7 Å². The van der Waals surface area contributed by atoms with E-state index in [9.17, 15) is 9.59 Å². The number of hydrogen-bond acceptors (Lipinski definition) is 3. The normalized spacial score (nSPS) is 12.1. The number of pyridine rings is 1. The maximum Gasteiger partial charge on any atom is 0.314 e. The van der Waals surface area contributed by atoms with Crippen LogP contribution >= 0.6 is 0 Å². The maximum atomic E-state index is 11.0. The Hall–Kier alpha value is -1.71. The van der Waals surface area contributed by atoms with Gasteiger partial charge in [0, 0.05) is 18.3 Å². The molecule has 1 unspecified atom stereocenters. The minimum atomic E-state index is -1.09. The molecule has 0 bridgehead atoms. The van der Waals surface area contributed by atoms with Crippen LogP contribution in [-0.4, -0.2) is 21.8 Å². The number of nitrogens with zero attached hydrogens (tertiary/aromatic N) is 1. The summed E-state index contributed by atoms with van der Waals surface area (Å²) >= 11 is 0. The van der Waals surface area contributed by atoms with Gasteiger partial charge in [-0.1, -0.05) is 6.07 Å². The van der Waals surface area contributed by atoms with Gasteiger partial charge < -0.3 is 5.11 Å². The van der Waals surface area contributed by atoms with Crippen LogP contribution in [0.3, 0.4) is 0 Å². The Balaban J connectivity index is 2.75. The van der Waals surface area contributed by atoms with Gasteiger partial charge in [-0.25, -0.2) is 0 Å². The highest BCUT2D eigenvalue weighted by molar-refractivity contribution is 5.97. The van der Waals surface area contributed by atoms with E-state index >= 15 is 0 Å². The molecule has 0 fully saturated rings. The quantitative estimate of drug-likeness (QED) is 0.722. The second kappa shape index (κ2) is 4.50. The Morgan fingerprint density at radius 2 is 2.21 bits per heavy atom. The van der Waals surface area contributed by atoms with E-state index in [1.165, 1.54) is 6.92 Å². The fourth-order valence-electron chi connectivity index (χ4n) is 1.13. The van der Waals surface area contributed by atoms with E-state index in [2.05, 4.69) is 4.98 Å². The molecule has 0 aliphatic carbocycles. The molecule has 74 valence electrons. The number of carbonyl (C=O) groups excluding carboxylic acids is 1. The Morgan fingerprint density at radius 1 is 1.50 bits per heavy atom. The average Bonchev–Trinajstić information content (AvgIpc) is 2.15. The molecule has 0 aromatic carbocycles. The molecule has 1 heterocycles. The second-order valence-corrected chi connectivity index (χ2v) is 3.03. The molecule has 1 rings (SSSR count). The van der Waals surface area contributed by atoms with E-state index < -0.39 is 11.9 Å². The summed E-state index contributed by atoms with van der Waals surface area (Å²) in [6.07, 6.45) is 1.74. The van der Waals surface area contributed by atoms with Gasteiger partial charge in [0.2, 0.25) is 0 Å². The lowest BCUT2D eigenvalue weighted by atomic mass is 9.99. The number of ketones is 1. The van der Waals surface area contributed by atoms with E-state index in [0.29, 0.717) is 5.69 Å². The van der Waals surface area contributed by atoms with Crippen molar-refractivity contribution in [1.82, 2.24) is 4.98 Å². The Bertz CT molecular complexity index is 320. The molecule has 0 aliphatic heterocycles. The van der Waals surface area contributed by atoms with Crippen molar-refractivity contribution in [2.24, 2.45) is 5.92 Å². The molecule has 1 aromatic rings. The van der Waals surface area contributed by atoms with Gasteiger partial charge in [0.25, 0.3) is 0 Å². The molecule has 0 amide bonds. The van der Waals surface area contributed by atoms with E-state index in [-0.39, 0.29) is 12.2 Å². The van der Waals surface area contributed by atoms with Crippen LogP contribution in [0.4, 0.5) is 0 Å². The van der Waals surface area contributed by atoms with E-state index in [4.69, 9.17) is 5.11 Å². The second-order valence-electron chi connectivity index (χ2n) is 3.03. The van der Waals surface area contributed by atoms with Gasteiger partial charge in [-0.2, -0.15) is 0 Å². The van der Waals surface area contributed by atoms with Crippen LogP contribution < -0.4 is 0 Å². The molecule has 0 aliphatic rings. The number of rotatable bonds is 4. The molecular formula is C10H11NO3. The van der Waals surface area contributed by atoms with Crippen LogP contribution in [0.5, 0.6) is 0 Å². The third kappa shape index (κ3) is 2.65. The highest BCUT2D eigenvalue weighted by atomic mass is 16.4. The largest absolute Gasteiger partial charge is 0.481 e. The number of aromatic nitrogens is 1. The average molecular weight is 193 g/mol. The first-order valence-electron chi connectivity index (χ1n) is 4.24. The lowest BCUT2D eigenvalue weighted by Crippen LogP contribution is -2.24. The van der Waals surface area contributed by atoms with E-state index in [1.807, 2.05) is 0 Å². The first kappa shape index (κ1) is 10.4. The SMILES string of the molecule is CC(=O)C(Cc1ccccn1)C(=O)O. The standard InChI is InChI=1S/C10H11NO3/c1-7(12)9(10(13)14)6-8-4-2-3-5-11-8/h2-5,9H,6H2,1H3,(H,13,14). The van der Waals surface area contributed by atoms with Gasteiger partial charge in [0.15, 0.2) is 0 Å². The molecule has 0 radical (unpaired) electrons. The van der Waals surface area contributed by atoms with Crippen molar-refractivity contribution in [3.05, 3.63) is 30.1 Å². The zero-order valence-electron chi connectivity index (χ0n) is 7.80. The monoisotopic (exact) mass is 193 g/mol. The fourth-order valence-corrected chi connectivity index (χ4v) is 1.13. The van der Waals surface area contributed by atoms with Gasteiger partial charge >= 0.3 is 5.97 Å². The number of carboxylic acids is 1. The molecule has 0 saturated heterocycles. The molecule has 1 N–H and O–H groups in total. The lowest BCUT2D eigenvalue weighted by molar-refractivity contribution is -0.145. The molecule has 1 atom stereocenters. The molecule has 4 heteroatoms. The number of carbonyl (C=O) groups is 2. The predicted molar refractivity (Wildman–Crippen MR) is 49.7 cm³/mol. The molecule has 1 aromatic heterocycles. The van der Waals surface area contributed by atoms with Crippen LogP contribution in [0.1, 0.15) is 12.6 Å². The summed E-state index contributed by atoms with van der Waals surface area (Å²) in [5.41, 5.74) is 0.620. The van der Waals surface area contributed by atoms with Crippen LogP contribution in [0.15, 0.2) is 24.4 Å². The van der Waals surface area contributed by atoms with Gasteiger partial charge in [0.1, 0.15) is 11.7 Å². The molecule has 14 heavy (non-hydrogen) atoms. The molecule has 4 nitrogen and oxygen atoms in total. The third-order valence-corrected chi connectivity index (χ3v) is 1.93. The zero-order valence-corrected chi connectivity index (χ0v) is 7.80. The first-order chi connectivity index (χ1) is 6.61. The summed E-state index contributed by atoms with van der Waals surface area (Å²) < 4.78 is 0. The predicted octanol–water partition coefficient (Wildman–Crippen LogP) is 0.914. The Kier molecular flexibility index (Phi) is 3.34. The van der Waals surface area contributed by atoms with Crippen molar-refractivity contribution in [2.45, 2.75) is 13.3 Å². The summed E-state index contributed by atoms with van der Waals surface area (Å²) in [4.78, 5) is 25.6. The van der Waals surface area contributed by atoms with Gasteiger partial charge in [0.05, 0.1) is 0 Å².